The summed E-state index contributed by atoms with van der Waals surface area (Å²) in [5, 5.41) is 3.03. The molecule has 0 atom stereocenters. The van der Waals surface area contributed by atoms with Crippen LogP contribution in [0.15, 0.2) is 48.5 Å². The Labute approximate surface area is 129 Å². The van der Waals surface area contributed by atoms with Crippen LogP contribution >= 0.6 is 0 Å². The van der Waals surface area contributed by atoms with Crippen molar-refractivity contribution in [2.24, 2.45) is 0 Å². The summed E-state index contributed by atoms with van der Waals surface area (Å²) in [6.07, 6.45) is 0.898. The Morgan fingerprint density at radius 1 is 1.09 bits per heavy atom. The lowest BCUT2D eigenvalue weighted by molar-refractivity contribution is -0.131. The average Bonchev–Trinajstić information content (AvgIpc) is 2.56. The molecule has 114 valence electrons. The number of benzene rings is 2. The first-order chi connectivity index (χ1) is 10.7. The van der Waals surface area contributed by atoms with Gasteiger partial charge < -0.3 is 10.2 Å². The van der Waals surface area contributed by atoms with E-state index in [2.05, 4.69) is 17.4 Å². The minimum absolute atomic E-state index is 0.0610. The molecule has 4 heteroatoms. The summed E-state index contributed by atoms with van der Waals surface area (Å²) in [6, 6.07) is 14.8. The van der Waals surface area contributed by atoms with Crippen LogP contribution in [0.25, 0.3) is 0 Å². The molecular formula is C18H19FN2O. The van der Waals surface area contributed by atoms with E-state index in [4.69, 9.17) is 0 Å². The number of nitrogens with one attached hydrogen (secondary N) is 1. The molecule has 0 unspecified atom stereocenters. The van der Waals surface area contributed by atoms with Crippen molar-refractivity contribution in [3.05, 3.63) is 71.0 Å². The Hall–Kier alpha value is -2.20. The Balaban J connectivity index is 1.52. The number of carbonyl (C=O) groups excluding carboxylic acids is 1. The molecule has 0 bridgehead atoms. The van der Waals surface area contributed by atoms with Crippen molar-refractivity contribution in [1.82, 2.24) is 10.2 Å². The average molecular weight is 298 g/mol. The number of nitrogens with zero attached hydrogens (tertiary/aromatic N) is 1. The molecule has 0 fully saturated rings. The Morgan fingerprint density at radius 3 is 2.64 bits per heavy atom. The van der Waals surface area contributed by atoms with E-state index in [0.717, 1.165) is 13.0 Å². The molecular weight excluding hydrogens is 279 g/mol. The molecule has 2 aromatic rings. The maximum absolute atomic E-state index is 13.5. The second-order valence-electron chi connectivity index (χ2n) is 5.53. The summed E-state index contributed by atoms with van der Waals surface area (Å²) >= 11 is 0. The maximum atomic E-state index is 13.5. The molecule has 0 radical (unpaired) electrons. The van der Waals surface area contributed by atoms with Gasteiger partial charge in [0.1, 0.15) is 5.82 Å². The predicted octanol–water partition coefficient (Wildman–Crippen LogP) is 2.50. The monoisotopic (exact) mass is 298 g/mol. The first-order valence-electron chi connectivity index (χ1n) is 7.53. The molecule has 1 heterocycles. The van der Waals surface area contributed by atoms with E-state index < -0.39 is 0 Å². The Bertz CT molecular complexity index is 672. The van der Waals surface area contributed by atoms with Gasteiger partial charge in [-0.15, -0.1) is 0 Å². The van der Waals surface area contributed by atoms with E-state index in [1.54, 1.807) is 18.2 Å². The highest BCUT2D eigenvalue weighted by molar-refractivity contribution is 5.78. The number of hydrogen-bond donors (Lipinski definition) is 1. The smallest absolute Gasteiger partial charge is 0.236 e. The van der Waals surface area contributed by atoms with Gasteiger partial charge in [0.25, 0.3) is 0 Å². The van der Waals surface area contributed by atoms with E-state index in [0.29, 0.717) is 18.7 Å². The molecule has 1 aliphatic heterocycles. The summed E-state index contributed by atoms with van der Waals surface area (Å²) in [7, 11) is 0. The molecule has 1 amide bonds. The molecule has 0 saturated heterocycles. The van der Waals surface area contributed by atoms with Crippen LogP contribution in [0.4, 0.5) is 4.39 Å². The zero-order valence-corrected chi connectivity index (χ0v) is 12.4. The Kier molecular flexibility index (Phi) is 4.49. The molecule has 1 aliphatic rings. The van der Waals surface area contributed by atoms with Crippen molar-refractivity contribution in [1.29, 1.82) is 0 Å². The van der Waals surface area contributed by atoms with Gasteiger partial charge >= 0.3 is 0 Å². The molecule has 3 nitrogen and oxygen atoms in total. The number of halogens is 1. The lowest BCUT2D eigenvalue weighted by atomic mass is 10.00. The second kappa shape index (κ2) is 6.71. The molecule has 1 N–H and O–H groups in total. The molecule has 0 spiro atoms. The van der Waals surface area contributed by atoms with E-state index in [-0.39, 0.29) is 18.3 Å². The fourth-order valence-electron chi connectivity index (χ4n) is 2.77. The van der Waals surface area contributed by atoms with Crippen LogP contribution in [-0.2, 0) is 24.3 Å². The zero-order valence-electron chi connectivity index (χ0n) is 12.4. The van der Waals surface area contributed by atoms with Crippen LogP contribution in [0.2, 0.25) is 0 Å². The van der Waals surface area contributed by atoms with Crippen molar-refractivity contribution in [2.45, 2.75) is 19.5 Å². The number of rotatable bonds is 4. The minimum atomic E-state index is -0.241. The normalized spacial score (nSPS) is 13.8. The van der Waals surface area contributed by atoms with E-state index in [9.17, 15) is 9.18 Å². The largest absolute Gasteiger partial charge is 0.337 e. The fourth-order valence-corrected chi connectivity index (χ4v) is 2.77. The standard InChI is InChI=1S/C18H19FN2O/c19-17-8-4-3-6-15(17)11-20-12-18(22)21-10-9-14-5-1-2-7-16(14)13-21/h1-8,20H,9-13H2. The molecule has 2 aromatic carbocycles. The van der Waals surface area contributed by atoms with E-state index >= 15 is 0 Å². The first kappa shape index (κ1) is 14.7. The van der Waals surface area contributed by atoms with Crippen LogP contribution in [0.1, 0.15) is 16.7 Å². The van der Waals surface area contributed by atoms with Crippen molar-refractivity contribution in [3.63, 3.8) is 0 Å². The third kappa shape index (κ3) is 3.34. The van der Waals surface area contributed by atoms with Gasteiger partial charge in [0, 0.05) is 25.2 Å². The summed E-state index contributed by atoms with van der Waals surface area (Å²) in [4.78, 5) is 14.1. The van der Waals surface area contributed by atoms with Crippen molar-refractivity contribution in [2.75, 3.05) is 13.1 Å². The van der Waals surface area contributed by atoms with Gasteiger partial charge in [-0.1, -0.05) is 42.5 Å². The van der Waals surface area contributed by atoms with Crippen LogP contribution in [-0.4, -0.2) is 23.9 Å². The van der Waals surface area contributed by atoms with Crippen molar-refractivity contribution >= 4 is 5.91 Å². The fraction of sp³-hybridized carbons (Fsp3) is 0.278. The predicted molar refractivity (Wildman–Crippen MR) is 83.7 cm³/mol. The quantitative estimate of drug-likeness (QED) is 0.940. The zero-order chi connectivity index (χ0) is 15.4. The van der Waals surface area contributed by atoms with Gasteiger partial charge in [0.15, 0.2) is 0 Å². The van der Waals surface area contributed by atoms with Crippen LogP contribution < -0.4 is 5.32 Å². The second-order valence-corrected chi connectivity index (χ2v) is 5.53. The first-order valence-corrected chi connectivity index (χ1v) is 7.53. The maximum Gasteiger partial charge on any atom is 0.236 e. The minimum Gasteiger partial charge on any atom is -0.337 e. The third-order valence-electron chi connectivity index (χ3n) is 4.03. The van der Waals surface area contributed by atoms with E-state index in [1.165, 1.54) is 17.2 Å². The summed E-state index contributed by atoms with van der Waals surface area (Å²) in [5.41, 5.74) is 3.13. The number of carbonyl (C=O) groups is 1. The lowest BCUT2D eigenvalue weighted by Crippen LogP contribution is -2.41. The topological polar surface area (TPSA) is 32.3 Å². The van der Waals surface area contributed by atoms with E-state index in [1.807, 2.05) is 17.0 Å². The van der Waals surface area contributed by atoms with Crippen molar-refractivity contribution in [3.8, 4) is 0 Å². The SMILES string of the molecule is O=C(CNCc1ccccc1F)N1CCc2ccccc2C1. The van der Waals surface area contributed by atoms with Crippen LogP contribution in [0.3, 0.4) is 0 Å². The summed E-state index contributed by atoms with van der Waals surface area (Å²) in [5.74, 6) is -0.180. The lowest BCUT2D eigenvalue weighted by Gasteiger charge is -2.29. The van der Waals surface area contributed by atoms with Gasteiger partial charge in [-0.3, -0.25) is 4.79 Å². The highest BCUT2D eigenvalue weighted by atomic mass is 19.1. The number of fused-ring (bicyclic) bond motifs is 1. The summed E-state index contributed by atoms with van der Waals surface area (Å²) in [6.45, 7) is 2.01. The van der Waals surface area contributed by atoms with Gasteiger partial charge in [0.05, 0.1) is 6.54 Å². The number of amides is 1. The molecule has 3 rings (SSSR count). The van der Waals surface area contributed by atoms with Crippen LogP contribution in [0.5, 0.6) is 0 Å². The van der Waals surface area contributed by atoms with Gasteiger partial charge in [0.2, 0.25) is 5.91 Å². The van der Waals surface area contributed by atoms with Crippen LogP contribution in [0, 0.1) is 5.82 Å². The highest BCUT2D eigenvalue weighted by Gasteiger charge is 2.19. The molecule has 0 aromatic heterocycles. The highest BCUT2D eigenvalue weighted by Crippen LogP contribution is 2.18. The Morgan fingerprint density at radius 2 is 1.82 bits per heavy atom. The summed E-state index contributed by atoms with van der Waals surface area (Å²) < 4.78 is 13.5. The molecule has 0 aliphatic carbocycles. The molecule has 0 saturated carbocycles. The van der Waals surface area contributed by atoms with Gasteiger partial charge in [-0.25, -0.2) is 4.39 Å². The van der Waals surface area contributed by atoms with Crippen molar-refractivity contribution < 1.29 is 9.18 Å². The third-order valence-corrected chi connectivity index (χ3v) is 4.03. The van der Waals surface area contributed by atoms with Gasteiger partial charge in [-0.2, -0.15) is 0 Å². The molecule has 22 heavy (non-hydrogen) atoms. The number of hydrogen-bond acceptors (Lipinski definition) is 2. The van der Waals surface area contributed by atoms with Gasteiger partial charge in [-0.05, 0) is 23.6 Å².